The molecule has 6 aromatic rings. The van der Waals surface area contributed by atoms with E-state index in [0.717, 1.165) is 24.3 Å². The van der Waals surface area contributed by atoms with Crippen LogP contribution in [-0.4, -0.2) is 36.8 Å². The van der Waals surface area contributed by atoms with Crippen LogP contribution in [0.15, 0.2) is 144 Å². The van der Waals surface area contributed by atoms with Crippen LogP contribution in [-0.2, 0) is 28.4 Å². The molecule has 522 valence electrons. The van der Waals surface area contributed by atoms with Gasteiger partial charge >= 0.3 is 12.1 Å². The van der Waals surface area contributed by atoms with Crippen molar-refractivity contribution in [1.82, 2.24) is 0 Å². The summed E-state index contributed by atoms with van der Waals surface area (Å²) >= 11 is 15.1. The topological polar surface area (TPSA) is 63.6 Å². The number of fused-ring (bicyclic) bond motifs is 1. The molecule has 0 fully saturated rings. The predicted octanol–water partition coefficient (Wildman–Crippen LogP) is 28.2. The molecular weight excluding hydrogens is 1260 g/mol. The zero-order valence-corrected chi connectivity index (χ0v) is 65.4. The molecule has 1 N–H and O–H groups in total. The van der Waals surface area contributed by atoms with E-state index in [1.165, 1.54) is 98.3 Å². The molecule has 1 aliphatic carbocycles. The number of aliphatic hydroxyl groups excluding tert-OH is 1. The zero-order chi connectivity index (χ0) is 72.2. The minimum absolute atomic E-state index is 0.0561. The number of aryl methyl sites for hydroxylation is 1. The molecule has 92 heavy (non-hydrogen) atoms. The summed E-state index contributed by atoms with van der Waals surface area (Å²) in [6, 6.07) is 44.8. The Balaban J connectivity index is -0.000000320. The summed E-state index contributed by atoms with van der Waals surface area (Å²) in [7, 11) is 1.30. The second-order valence-electron chi connectivity index (χ2n) is 21.7. The first-order chi connectivity index (χ1) is 43.8. The molecule has 0 bridgehead atoms. The second-order valence-corrected chi connectivity index (χ2v) is 23.5. The first-order valence-electron chi connectivity index (χ1n) is 34.7. The fourth-order valence-electron chi connectivity index (χ4n) is 8.72. The Morgan fingerprint density at radius 1 is 0.511 bits per heavy atom. The van der Waals surface area contributed by atoms with Crippen molar-refractivity contribution in [2.75, 3.05) is 13.7 Å². The monoisotopic (exact) mass is 1380 g/mol. The Kier molecular flexibility index (Phi) is 59.0. The molecule has 4 nitrogen and oxygen atoms in total. The maximum atomic E-state index is 12.8. The summed E-state index contributed by atoms with van der Waals surface area (Å²) in [5.74, 6) is 1.33. The van der Waals surface area contributed by atoms with E-state index in [9.17, 15) is 22.8 Å². The van der Waals surface area contributed by atoms with Crippen LogP contribution in [0.5, 0.6) is 0 Å². The first kappa shape index (κ1) is 96.0. The number of hydrogen-bond acceptors (Lipinski definition) is 4. The molecule has 6 aromatic carbocycles. The van der Waals surface area contributed by atoms with Gasteiger partial charge in [0, 0.05) is 10.0 Å². The standard InChI is InChI=1S/C14H18O4.C14H20.C11H13F3.C11H16.C10H13Br.C10H12Cl2.6C2H6/c1-4-9(2)10-5-11(13(16)8-15)7-12(6-10)14(17)18-3;1-3-11(2)13-10-6-8-12-7-4-5-9-14(12)13;1-3-10(2,11(12,13)14)9-7-5-4-6-8-9;1-4-11(2,3)10-8-6-5-7-9-10;1-3-8(2)9-5-4-6-10(11)7-9;1-3-7(2)8-4-5-9(11)10(12)6-8;6*1-2/h5-7,9,15H,4,8H2,1-3H3;6,8,10-11H,3-5,7,9H2,1-2H3;4-8H,3H2,1-2H3;5-9H,4H2,1-3H3;4-8H,3H2,1-2H3;4-7H,3H2,1-2H3;6*1-2H3. The molecule has 10 heteroatoms. The van der Waals surface area contributed by atoms with Gasteiger partial charge in [0.1, 0.15) is 6.61 Å². The highest BCUT2D eigenvalue weighted by Gasteiger charge is 2.50. The highest BCUT2D eigenvalue weighted by molar-refractivity contribution is 9.10. The third-order valence-corrected chi connectivity index (χ3v) is 17.2. The summed E-state index contributed by atoms with van der Waals surface area (Å²) in [5, 5.41) is 10.2. The first-order valence-corrected chi connectivity index (χ1v) is 36.2. The van der Waals surface area contributed by atoms with Gasteiger partial charge in [0.25, 0.3) is 0 Å². The Morgan fingerprint density at radius 3 is 1.38 bits per heavy atom. The van der Waals surface area contributed by atoms with Crippen LogP contribution in [0.25, 0.3) is 0 Å². The van der Waals surface area contributed by atoms with E-state index in [1.54, 1.807) is 53.9 Å². The number of carbonyl (C=O) groups excluding carboxylic acids is 2. The molecule has 0 spiro atoms. The van der Waals surface area contributed by atoms with Gasteiger partial charge < -0.3 is 9.84 Å². The third-order valence-electron chi connectivity index (χ3n) is 15.9. The molecule has 0 heterocycles. The number of ketones is 1. The molecule has 7 rings (SSSR count). The van der Waals surface area contributed by atoms with E-state index in [4.69, 9.17) is 28.3 Å². The summed E-state index contributed by atoms with van der Waals surface area (Å²) in [4.78, 5) is 23.1. The van der Waals surface area contributed by atoms with Crippen LogP contribution < -0.4 is 0 Å². The lowest BCUT2D eigenvalue weighted by Crippen LogP contribution is -2.38. The Hall–Kier alpha value is -4.73. The van der Waals surface area contributed by atoms with Gasteiger partial charge in [-0.25, -0.2) is 4.79 Å². The average molecular weight is 1390 g/mol. The fraction of sp³-hybridized carbons (Fsp3) is 0.537. The molecule has 0 saturated carbocycles. The quantitative estimate of drug-likeness (QED) is 0.0822. The summed E-state index contributed by atoms with van der Waals surface area (Å²) in [6.07, 6.45) is 6.94. The van der Waals surface area contributed by atoms with E-state index in [1.807, 2.05) is 115 Å². The van der Waals surface area contributed by atoms with E-state index < -0.39 is 30.0 Å². The number of ether oxygens (including phenoxy) is 1. The van der Waals surface area contributed by atoms with Crippen molar-refractivity contribution in [3.63, 3.8) is 0 Å². The van der Waals surface area contributed by atoms with Crippen LogP contribution in [0.4, 0.5) is 13.2 Å². The van der Waals surface area contributed by atoms with Crippen molar-refractivity contribution in [3.8, 4) is 0 Å². The number of benzene rings is 6. The molecule has 1 aliphatic rings. The summed E-state index contributed by atoms with van der Waals surface area (Å²) in [5.41, 5.74) is 9.54. The average Bonchev–Trinajstić information content (AvgIpc) is 0.941. The second kappa shape index (κ2) is 56.6. The van der Waals surface area contributed by atoms with Gasteiger partial charge in [-0.3, -0.25) is 4.79 Å². The largest absolute Gasteiger partial charge is 0.465 e. The van der Waals surface area contributed by atoms with Crippen LogP contribution in [0, 0.1) is 0 Å². The van der Waals surface area contributed by atoms with Crippen molar-refractivity contribution >= 4 is 50.9 Å². The van der Waals surface area contributed by atoms with E-state index in [0.29, 0.717) is 44.0 Å². The molecule has 0 aromatic heterocycles. The number of rotatable bonds is 15. The highest BCUT2D eigenvalue weighted by atomic mass is 79.9. The van der Waals surface area contributed by atoms with Crippen molar-refractivity contribution in [1.29, 1.82) is 0 Å². The number of hydrogen-bond donors (Lipinski definition) is 1. The molecule has 5 unspecified atom stereocenters. The van der Waals surface area contributed by atoms with E-state index >= 15 is 0 Å². The Morgan fingerprint density at radius 2 is 0.957 bits per heavy atom. The highest BCUT2D eigenvalue weighted by Crippen LogP contribution is 2.43. The van der Waals surface area contributed by atoms with Crippen molar-refractivity contribution in [2.45, 2.75) is 278 Å². The molecule has 0 radical (unpaired) electrons. The number of Topliss-reactive ketones (excluding diaryl/α,β-unsaturated/α-hetero) is 1. The van der Waals surface area contributed by atoms with Gasteiger partial charge in [0.05, 0.1) is 28.1 Å². The smallest absolute Gasteiger partial charge is 0.398 e. The number of halogens is 6. The normalized spacial score (nSPS) is 12.5. The SMILES string of the molecule is CC.CC.CC.CC.CC.CC.CCC(C)(C)c1ccccc1.CCC(C)(c1ccccc1)C(F)(F)F.CCC(C)c1cc(C(=O)CO)cc(C(=O)OC)c1.CCC(C)c1ccc(Cl)c(Cl)c1.CCC(C)c1cccc(Br)c1.CCC(C)c1cccc2c1CCCC2. The number of esters is 1. The maximum absolute atomic E-state index is 12.8. The van der Waals surface area contributed by atoms with Gasteiger partial charge in [0.2, 0.25) is 0 Å². The minimum Gasteiger partial charge on any atom is -0.465 e. The molecule has 5 atom stereocenters. The lowest BCUT2D eigenvalue weighted by atomic mass is 9.79. The van der Waals surface area contributed by atoms with Gasteiger partial charge in [0.15, 0.2) is 5.78 Å². The molecular formula is C82H128BrCl2F3O4. The third kappa shape index (κ3) is 35.7. The minimum atomic E-state index is -4.19. The fourth-order valence-corrected chi connectivity index (χ4v) is 9.45. The van der Waals surface area contributed by atoms with Crippen LogP contribution >= 0.6 is 39.1 Å². The number of alkyl halides is 3. The summed E-state index contributed by atoms with van der Waals surface area (Å²) < 4.78 is 44.2. The number of carbonyl (C=O) groups is 2. The van der Waals surface area contributed by atoms with Gasteiger partial charge in [-0.15, -0.1) is 0 Å². The van der Waals surface area contributed by atoms with E-state index in [2.05, 4.69) is 156 Å². The van der Waals surface area contributed by atoms with Crippen molar-refractivity contribution in [3.05, 3.63) is 210 Å². The van der Waals surface area contributed by atoms with Gasteiger partial charge in [-0.2, -0.15) is 13.2 Å². The molecule has 0 amide bonds. The van der Waals surface area contributed by atoms with Crippen molar-refractivity contribution in [2.24, 2.45) is 0 Å². The lowest BCUT2D eigenvalue weighted by Gasteiger charge is -2.31. The van der Waals surface area contributed by atoms with Gasteiger partial charge in [-0.05, 0) is 187 Å². The van der Waals surface area contributed by atoms with Crippen LogP contribution in [0.1, 0.15) is 313 Å². The number of aliphatic hydroxyl groups is 1. The Labute approximate surface area is 581 Å². The van der Waals surface area contributed by atoms with Crippen molar-refractivity contribution < 1.29 is 32.6 Å². The van der Waals surface area contributed by atoms with Gasteiger partial charge in [-0.1, -0.05) is 302 Å². The van der Waals surface area contributed by atoms with E-state index in [-0.39, 0.29) is 12.3 Å². The van der Waals surface area contributed by atoms with Crippen LogP contribution in [0.2, 0.25) is 10.0 Å². The number of methoxy groups -OCH3 is 1. The molecule has 0 aliphatic heterocycles. The molecule has 0 saturated heterocycles. The zero-order valence-electron chi connectivity index (χ0n) is 62.3. The summed E-state index contributed by atoms with van der Waals surface area (Å²) in [6.45, 7) is 50.5. The predicted molar refractivity (Wildman–Crippen MR) is 406 cm³/mol. The maximum Gasteiger partial charge on any atom is 0.398 e. The Bertz CT molecular complexity index is 2710. The lowest BCUT2D eigenvalue weighted by molar-refractivity contribution is -0.186. The van der Waals surface area contributed by atoms with Crippen LogP contribution in [0.3, 0.4) is 0 Å².